The molecular weight excluding hydrogens is 222 g/mol. The summed E-state index contributed by atoms with van der Waals surface area (Å²) in [6.07, 6.45) is 1.50. The highest BCUT2D eigenvalue weighted by Crippen LogP contribution is 2.12. The van der Waals surface area contributed by atoms with Crippen LogP contribution in [-0.4, -0.2) is 22.4 Å². The van der Waals surface area contributed by atoms with Crippen LogP contribution in [-0.2, 0) is 6.54 Å². The Bertz CT molecular complexity index is 295. The Hall–Kier alpha value is -0.880. The second-order valence-corrected chi connectivity index (χ2v) is 3.43. The lowest BCUT2D eigenvalue weighted by molar-refractivity contribution is -0.0528. The van der Waals surface area contributed by atoms with Gasteiger partial charge < -0.3 is 4.74 Å². The van der Waals surface area contributed by atoms with Crippen molar-refractivity contribution in [3.05, 3.63) is 23.9 Å². The first-order valence-electron chi connectivity index (χ1n) is 4.45. The summed E-state index contributed by atoms with van der Waals surface area (Å²) in [4.78, 5) is 3.74. The normalized spacial score (nSPS) is 11.1. The minimum atomic E-state index is -2.83. The predicted octanol–water partition coefficient (Wildman–Crippen LogP) is 2.35. The van der Waals surface area contributed by atoms with Crippen LogP contribution < -0.4 is 4.74 Å². The lowest BCUT2D eigenvalue weighted by Gasteiger charge is -2.12. The topological polar surface area (TPSA) is 25.4 Å². The highest BCUT2D eigenvalue weighted by Gasteiger charge is 2.05. The Morgan fingerprint density at radius 3 is 2.73 bits per heavy atom. The molecule has 0 saturated carbocycles. The third kappa shape index (κ3) is 4.44. The van der Waals surface area contributed by atoms with Gasteiger partial charge in [0.1, 0.15) is 0 Å². The molecule has 0 atom stereocenters. The first-order chi connectivity index (χ1) is 7.11. The van der Waals surface area contributed by atoms with Gasteiger partial charge in [0.15, 0.2) is 0 Å². The highest BCUT2D eigenvalue weighted by atomic mass is 32.1. The molecule has 0 aliphatic heterocycles. The largest absolute Gasteiger partial charge is 0.417 e. The number of thiol groups is 1. The van der Waals surface area contributed by atoms with Gasteiger partial charge in [0.2, 0.25) is 5.88 Å². The number of nitrogens with zero attached hydrogens (tertiary/aromatic N) is 2. The quantitative estimate of drug-likeness (QED) is 0.792. The van der Waals surface area contributed by atoms with Crippen molar-refractivity contribution >= 4 is 12.8 Å². The van der Waals surface area contributed by atoms with E-state index in [1.54, 1.807) is 10.4 Å². The predicted molar refractivity (Wildman–Crippen MR) is 55.9 cm³/mol. The molecular formula is C9H12F2N2OS. The van der Waals surface area contributed by atoms with E-state index in [1.807, 2.05) is 6.92 Å². The van der Waals surface area contributed by atoms with Gasteiger partial charge in [0.05, 0.1) is 0 Å². The van der Waals surface area contributed by atoms with Gasteiger partial charge in [-0.1, -0.05) is 25.8 Å². The summed E-state index contributed by atoms with van der Waals surface area (Å²) in [6, 6.07) is 3.10. The Balaban J connectivity index is 2.56. The van der Waals surface area contributed by atoms with Crippen LogP contribution >= 0.6 is 12.8 Å². The summed E-state index contributed by atoms with van der Waals surface area (Å²) in [7, 11) is 0. The first-order valence-corrected chi connectivity index (χ1v) is 4.85. The Kier molecular flexibility index (Phi) is 4.77. The van der Waals surface area contributed by atoms with Crippen molar-refractivity contribution in [2.45, 2.75) is 20.1 Å². The molecule has 1 aromatic rings. The molecule has 0 aliphatic carbocycles. The summed E-state index contributed by atoms with van der Waals surface area (Å²) in [6.45, 7) is 0.537. The molecule has 0 aliphatic rings. The summed E-state index contributed by atoms with van der Waals surface area (Å²) in [5.74, 6) is -0.0732. The summed E-state index contributed by atoms with van der Waals surface area (Å²) in [5, 5.41) is 0. The number of alkyl halides is 2. The third-order valence-electron chi connectivity index (χ3n) is 1.74. The van der Waals surface area contributed by atoms with Crippen LogP contribution in [0.2, 0.25) is 0 Å². The highest BCUT2D eigenvalue weighted by molar-refractivity contribution is 7.77. The summed E-state index contributed by atoms with van der Waals surface area (Å²) < 4.78 is 29.5. The third-order valence-corrected chi connectivity index (χ3v) is 2.16. The minimum Gasteiger partial charge on any atom is -0.417 e. The molecule has 1 heterocycles. The average molecular weight is 234 g/mol. The molecule has 0 unspecified atom stereocenters. The van der Waals surface area contributed by atoms with Crippen molar-refractivity contribution in [1.29, 1.82) is 0 Å². The van der Waals surface area contributed by atoms with Crippen LogP contribution in [0.1, 0.15) is 12.5 Å². The maximum atomic E-state index is 11.8. The monoisotopic (exact) mass is 234 g/mol. The van der Waals surface area contributed by atoms with Crippen LogP contribution in [0, 0.1) is 0 Å². The number of aromatic nitrogens is 1. The fourth-order valence-electron chi connectivity index (χ4n) is 0.988. The summed E-state index contributed by atoms with van der Waals surface area (Å²) in [5.41, 5.74) is 0.897. The van der Waals surface area contributed by atoms with E-state index in [-0.39, 0.29) is 5.88 Å². The minimum absolute atomic E-state index is 0.0732. The standard InChI is InChI=1S/C9H12F2N2OS/c1-2-13(15)6-7-3-4-8(12-5-7)14-9(10)11/h3-5,9,15H,2,6H2,1H3. The van der Waals surface area contributed by atoms with E-state index in [9.17, 15) is 8.78 Å². The maximum Gasteiger partial charge on any atom is 0.388 e. The molecule has 0 bridgehead atoms. The van der Waals surface area contributed by atoms with Crippen LogP contribution in [0.15, 0.2) is 18.3 Å². The Labute approximate surface area is 92.6 Å². The van der Waals surface area contributed by atoms with Crippen LogP contribution in [0.4, 0.5) is 8.78 Å². The molecule has 1 rings (SSSR count). The molecule has 0 amide bonds. The van der Waals surface area contributed by atoms with E-state index < -0.39 is 6.61 Å². The molecule has 0 aromatic carbocycles. The van der Waals surface area contributed by atoms with Crippen molar-refractivity contribution in [2.75, 3.05) is 6.54 Å². The van der Waals surface area contributed by atoms with E-state index in [0.717, 1.165) is 12.1 Å². The number of ether oxygens (including phenoxy) is 1. The van der Waals surface area contributed by atoms with Gasteiger partial charge in [0.25, 0.3) is 0 Å². The van der Waals surface area contributed by atoms with Crippen molar-refractivity contribution in [2.24, 2.45) is 0 Å². The maximum absolute atomic E-state index is 11.8. The van der Waals surface area contributed by atoms with Gasteiger partial charge >= 0.3 is 6.61 Å². The lowest BCUT2D eigenvalue weighted by Crippen LogP contribution is -2.11. The number of halogens is 2. The van der Waals surface area contributed by atoms with Gasteiger partial charge in [-0.25, -0.2) is 9.29 Å². The lowest BCUT2D eigenvalue weighted by atomic mass is 10.3. The van der Waals surface area contributed by atoms with Gasteiger partial charge in [-0.3, -0.25) is 0 Å². The molecule has 0 spiro atoms. The number of hydrogen-bond acceptors (Lipinski definition) is 4. The fraction of sp³-hybridized carbons (Fsp3) is 0.444. The van der Waals surface area contributed by atoms with Gasteiger partial charge in [-0.2, -0.15) is 8.78 Å². The number of hydrogen-bond donors (Lipinski definition) is 1. The van der Waals surface area contributed by atoms with Crippen LogP contribution in [0.5, 0.6) is 5.88 Å². The summed E-state index contributed by atoms with van der Waals surface area (Å²) >= 11 is 4.18. The molecule has 3 nitrogen and oxygen atoms in total. The van der Waals surface area contributed by atoms with Gasteiger partial charge in [-0.15, -0.1) is 0 Å². The smallest absolute Gasteiger partial charge is 0.388 e. The van der Waals surface area contributed by atoms with Crippen molar-refractivity contribution in [3.63, 3.8) is 0 Å². The number of rotatable bonds is 5. The molecule has 0 N–H and O–H groups in total. The number of pyridine rings is 1. The van der Waals surface area contributed by atoms with E-state index >= 15 is 0 Å². The van der Waals surface area contributed by atoms with Gasteiger partial charge in [-0.05, 0) is 5.56 Å². The Morgan fingerprint density at radius 1 is 1.53 bits per heavy atom. The second-order valence-electron chi connectivity index (χ2n) is 2.86. The second kappa shape index (κ2) is 5.87. The van der Waals surface area contributed by atoms with Gasteiger partial charge in [0, 0.05) is 25.4 Å². The van der Waals surface area contributed by atoms with E-state index in [1.165, 1.54) is 12.3 Å². The average Bonchev–Trinajstić information content (AvgIpc) is 2.20. The van der Waals surface area contributed by atoms with Crippen molar-refractivity contribution in [3.8, 4) is 5.88 Å². The molecule has 0 saturated heterocycles. The molecule has 1 aromatic heterocycles. The van der Waals surface area contributed by atoms with E-state index in [4.69, 9.17) is 0 Å². The zero-order valence-corrected chi connectivity index (χ0v) is 9.12. The van der Waals surface area contributed by atoms with Crippen LogP contribution in [0.3, 0.4) is 0 Å². The SMILES string of the molecule is CCN(S)Cc1ccc(OC(F)F)nc1. The molecule has 15 heavy (non-hydrogen) atoms. The van der Waals surface area contributed by atoms with Crippen LogP contribution in [0.25, 0.3) is 0 Å². The van der Waals surface area contributed by atoms with Crippen molar-refractivity contribution < 1.29 is 13.5 Å². The van der Waals surface area contributed by atoms with E-state index in [2.05, 4.69) is 22.5 Å². The molecule has 0 fully saturated rings. The molecule has 6 heteroatoms. The molecule has 84 valence electrons. The Morgan fingerprint density at radius 2 is 2.27 bits per heavy atom. The van der Waals surface area contributed by atoms with Crippen molar-refractivity contribution in [1.82, 2.24) is 9.29 Å². The first kappa shape index (κ1) is 12.2. The zero-order chi connectivity index (χ0) is 11.3. The molecule has 0 radical (unpaired) electrons. The fourth-order valence-corrected chi connectivity index (χ4v) is 1.15. The van der Waals surface area contributed by atoms with E-state index in [0.29, 0.717) is 6.54 Å². The zero-order valence-electron chi connectivity index (χ0n) is 8.23.